The largest absolute Gasteiger partial charge is 0.462 e. The van der Waals surface area contributed by atoms with Gasteiger partial charge in [0.15, 0.2) is 0 Å². The van der Waals surface area contributed by atoms with Gasteiger partial charge < -0.3 is 4.74 Å². The maximum absolute atomic E-state index is 13.6. The van der Waals surface area contributed by atoms with Crippen molar-refractivity contribution < 1.29 is 13.9 Å². The highest BCUT2D eigenvalue weighted by Gasteiger charge is 2.15. The second-order valence-corrected chi connectivity index (χ2v) is 4.49. The molecule has 1 heterocycles. The molecule has 0 amide bonds. The highest BCUT2D eigenvalue weighted by atomic mass is 19.1. The van der Waals surface area contributed by atoms with E-state index in [4.69, 9.17) is 4.74 Å². The summed E-state index contributed by atoms with van der Waals surface area (Å²) in [4.78, 5) is 20.3. The average Bonchev–Trinajstić information content (AvgIpc) is 2.49. The number of halogens is 1. The number of esters is 1. The fourth-order valence-electron chi connectivity index (χ4n) is 2.00. The van der Waals surface area contributed by atoms with E-state index in [1.54, 1.807) is 25.1 Å². The molecule has 0 saturated heterocycles. The van der Waals surface area contributed by atoms with E-state index in [1.807, 2.05) is 6.92 Å². The molecule has 2 rings (SSSR count). The van der Waals surface area contributed by atoms with Crippen molar-refractivity contribution in [3.05, 3.63) is 58.9 Å². The lowest BCUT2D eigenvalue weighted by molar-refractivity contribution is 0.0524. The summed E-state index contributed by atoms with van der Waals surface area (Å²) in [5, 5.41) is 0. The van der Waals surface area contributed by atoms with E-state index in [0.717, 1.165) is 0 Å². The third-order valence-electron chi connectivity index (χ3n) is 3.05. The third-order valence-corrected chi connectivity index (χ3v) is 3.05. The van der Waals surface area contributed by atoms with Gasteiger partial charge in [0.2, 0.25) is 0 Å². The first kappa shape index (κ1) is 15.1. The zero-order valence-corrected chi connectivity index (χ0v) is 12.1. The summed E-state index contributed by atoms with van der Waals surface area (Å²) >= 11 is 0. The number of rotatable bonds is 5. The Kier molecular flexibility index (Phi) is 4.98. The van der Waals surface area contributed by atoms with Gasteiger partial charge in [-0.2, -0.15) is 0 Å². The van der Waals surface area contributed by atoms with Crippen LogP contribution < -0.4 is 0 Å². The Morgan fingerprint density at radius 1 is 1.29 bits per heavy atom. The van der Waals surface area contributed by atoms with Crippen LogP contribution in [-0.4, -0.2) is 22.5 Å². The van der Waals surface area contributed by atoms with E-state index in [0.29, 0.717) is 42.1 Å². The van der Waals surface area contributed by atoms with Crippen molar-refractivity contribution >= 4 is 5.97 Å². The number of carbonyl (C=O) groups excluding carboxylic acids is 1. The van der Waals surface area contributed by atoms with Crippen molar-refractivity contribution in [2.45, 2.75) is 26.7 Å². The highest BCUT2D eigenvalue weighted by molar-refractivity contribution is 5.90. The second kappa shape index (κ2) is 6.92. The van der Waals surface area contributed by atoms with Crippen LogP contribution in [0.4, 0.5) is 4.39 Å². The van der Waals surface area contributed by atoms with E-state index < -0.39 is 5.97 Å². The van der Waals surface area contributed by atoms with Gasteiger partial charge in [0.1, 0.15) is 11.6 Å². The first-order valence-corrected chi connectivity index (χ1v) is 6.91. The van der Waals surface area contributed by atoms with Crippen LogP contribution in [0, 0.1) is 5.82 Å². The number of hydrogen-bond acceptors (Lipinski definition) is 4. The van der Waals surface area contributed by atoms with Crippen LogP contribution in [-0.2, 0) is 17.6 Å². The lowest BCUT2D eigenvalue weighted by Gasteiger charge is -2.08. The molecule has 0 saturated carbocycles. The Balaban J connectivity index is 2.27. The van der Waals surface area contributed by atoms with Gasteiger partial charge in [0.05, 0.1) is 17.9 Å². The normalized spacial score (nSPS) is 10.4. The van der Waals surface area contributed by atoms with Crippen LogP contribution >= 0.6 is 0 Å². The van der Waals surface area contributed by atoms with Gasteiger partial charge in [-0.1, -0.05) is 25.1 Å². The van der Waals surface area contributed by atoms with E-state index in [1.165, 1.54) is 12.3 Å². The fourth-order valence-corrected chi connectivity index (χ4v) is 2.00. The van der Waals surface area contributed by atoms with Gasteiger partial charge in [0, 0.05) is 12.6 Å². The minimum atomic E-state index is -0.424. The molecule has 0 spiro atoms. The molecular weight excluding hydrogens is 271 g/mol. The number of aryl methyl sites for hydroxylation is 1. The van der Waals surface area contributed by atoms with Gasteiger partial charge in [-0.15, -0.1) is 0 Å². The van der Waals surface area contributed by atoms with Crippen molar-refractivity contribution in [1.29, 1.82) is 0 Å². The molecule has 0 aliphatic heterocycles. The fraction of sp³-hybridized carbons (Fsp3) is 0.312. The summed E-state index contributed by atoms with van der Waals surface area (Å²) in [6.07, 6.45) is 2.34. The van der Waals surface area contributed by atoms with Crippen molar-refractivity contribution in [3.8, 4) is 0 Å². The van der Waals surface area contributed by atoms with Crippen molar-refractivity contribution in [2.24, 2.45) is 0 Å². The zero-order valence-electron chi connectivity index (χ0n) is 12.1. The molecule has 0 aliphatic rings. The summed E-state index contributed by atoms with van der Waals surface area (Å²) in [5.41, 5.74) is 1.52. The number of carbonyl (C=O) groups is 1. The molecule has 0 aliphatic carbocycles. The van der Waals surface area contributed by atoms with Crippen LogP contribution in [0.25, 0.3) is 0 Å². The molecule has 0 atom stereocenters. The summed E-state index contributed by atoms with van der Waals surface area (Å²) in [6, 6.07) is 6.51. The Hall–Kier alpha value is -2.30. The molecule has 2 aromatic rings. The summed E-state index contributed by atoms with van der Waals surface area (Å²) in [6.45, 7) is 3.95. The molecule has 110 valence electrons. The van der Waals surface area contributed by atoms with Gasteiger partial charge in [0.25, 0.3) is 0 Å². The van der Waals surface area contributed by atoms with Crippen LogP contribution in [0.2, 0.25) is 0 Å². The smallest absolute Gasteiger partial charge is 0.341 e. The average molecular weight is 288 g/mol. The highest BCUT2D eigenvalue weighted by Crippen LogP contribution is 2.13. The van der Waals surface area contributed by atoms with Crippen molar-refractivity contribution in [3.63, 3.8) is 0 Å². The first-order valence-electron chi connectivity index (χ1n) is 6.91. The van der Waals surface area contributed by atoms with Crippen LogP contribution in [0.1, 0.15) is 41.3 Å². The molecule has 5 heteroatoms. The predicted octanol–water partition coefficient (Wildman–Crippen LogP) is 2.95. The molecule has 1 aromatic heterocycles. The minimum absolute atomic E-state index is 0.284. The molecule has 0 bridgehead atoms. The van der Waals surface area contributed by atoms with E-state index in [2.05, 4.69) is 9.97 Å². The number of hydrogen-bond donors (Lipinski definition) is 0. The van der Waals surface area contributed by atoms with Crippen molar-refractivity contribution in [2.75, 3.05) is 6.61 Å². The van der Waals surface area contributed by atoms with Gasteiger partial charge in [-0.05, 0) is 25.0 Å². The van der Waals surface area contributed by atoms with E-state index in [-0.39, 0.29) is 5.82 Å². The van der Waals surface area contributed by atoms with Gasteiger partial charge >= 0.3 is 5.97 Å². The number of ether oxygens (including phenoxy) is 1. The standard InChI is InChI=1S/C16H17FN2O2/c1-3-14-12(16(20)21-4-2)10-18-15(19-14)9-11-7-5-6-8-13(11)17/h5-8,10H,3-4,9H2,1-2H3. The summed E-state index contributed by atoms with van der Waals surface area (Å²) < 4.78 is 18.6. The molecule has 4 nitrogen and oxygen atoms in total. The van der Waals surface area contributed by atoms with E-state index in [9.17, 15) is 9.18 Å². The second-order valence-electron chi connectivity index (χ2n) is 4.49. The SMILES string of the molecule is CCOC(=O)c1cnc(Cc2ccccc2F)nc1CC. The molecule has 0 N–H and O–H groups in total. The number of nitrogens with zero attached hydrogens (tertiary/aromatic N) is 2. The zero-order chi connectivity index (χ0) is 15.2. The van der Waals surface area contributed by atoms with E-state index >= 15 is 0 Å². The third kappa shape index (κ3) is 3.62. The van der Waals surface area contributed by atoms with Crippen LogP contribution in [0.5, 0.6) is 0 Å². The van der Waals surface area contributed by atoms with Crippen LogP contribution in [0.15, 0.2) is 30.5 Å². The first-order chi connectivity index (χ1) is 10.2. The monoisotopic (exact) mass is 288 g/mol. The molecule has 1 aromatic carbocycles. The lowest BCUT2D eigenvalue weighted by Crippen LogP contribution is -2.12. The Bertz CT molecular complexity index is 644. The molecule has 21 heavy (non-hydrogen) atoms. The Labute approximate surface area is 123 Å². The van der Waals surface area contributed by atoms with Gasteiger partial charge in [-0.3, -0.25) is 0 Å². The topological polar surface area (TPSA) is 52.1 Å². The molecule has 0 unspecified atom stereocenters. The maximum atomic E-state index is 13.6. The Morgan fingerprint density at radius 2 is 2.05 bits per heavy atom. The number of aromatic nitrogens is 2. The minimum Gasteiger partial charge on any atom is -0.462 e. The van der Waals surface area contributed by atoms with Crippen molar-refractivity contribution in [1.82, 2.24) is 9.97 Å². The molecule has 0 fully saturated rings. The number of benzene rings is 1. The quantitative estimate of drug-likeness (QED) is 0.794. The summed E-state index contributed by atoms with van der Waals surface area (Å²) in [7, 11) is 0. The van der Waals surface area contributed by atoms with Crippen LogP contribution in [0.3, 0.4) is 0 Å². The lowest BCUT2D eigenvalue weighted by atomic mass is 10.1. The molecule has 0 radical (unpaired) electrons. The maximum Gasteiger partial charge on any atom is 0.341 e. The Morgan fingerprint density at radius 3 is 2.71 bits per heavy atom. The summed E-state index contributed by atoms with van der Waals surface area (Å²) in [5.74, 6) is -0.217. The van der Waals surface area contributed by atoms with Gasteiger partial charge in [-0.25, -0.2) is 19.2 Å². The molecular formula is C16H17FN2O2. The predicted molar refractivity (Wildman–Crippen MR) is 76.6 cm³/mol.